The van der Waals surface area contributed by atoms with Crippen molar-refractivity contribution in [3.63, 3.8) is 0 Å². The van der Waals surface area contributed by atoms with Crippen LogP contribution in [-0.2, 0) is 0 Å². The molecule has 1 aromatic heterocycles. The zero-order valence-electron chi connectivity index (χ0n) is 8.01. The number of anilines is 1. The van der Waals surface area contributed by atoms with E-state index in [1.165, 1.54) is 0 Å². The molecule has 0 saturated carbocycles. The van der Waals surface area contributed by atoms with E-state index in [4.69, 9.17) is 5.73 Å². The number of benzene rings is 1. The Morgan fingerprint density at radius 2 is 2.07 bits per heavy atom. The van der Waals surface area contributed by atoms with Crippen LogP contribution in [0.25, 0.3) is 11.1 Å². The van der Waals surface area contributed by atoms with Crippen molar-refractivity contribution in [2.24, 2.45) is 0 Å². The molecule has 0 unspecified atom stereocenters. The fourth-order valence-corrected chi connectivity index (χ4v) is 1.48. The molecule has 0 bridgehead atoms. The molecule has 3 nitrogen and oxygen atoms in total. The van der Waals surface area contributed by atoms with E-state index < -0.39 is 11.6 Å². The van der Waals surface area contributed by atoms with Crippen LogP contribution in [0.15, 0.2) is 18.2 Å². The SMILES string of the molecule is Cc1[nH]nc(N)c1-c1cc(F)ccc1F. The first kappa shape index (κ1) is 9.64. The second-order valence-corrected chi connectivity index (χ2v) is 3.23. The third-order valence-corrected chi connectivity index (χ3v) is 2.17. The van der Waals surface area contributed by atoms with E-state index in [2.05, 4.69) is 10.2 Å². The summed E-state index contributed by atoms with van der Waals surface area (Å²) in [5, 5.41) is 6.34. The number of halogens is 2. The number of rotatable bonds is 1. The maximum absolute atomic E-state index is 13.4. The second kappa shape index (κ2) is 3.34. The summed E-state index contributed by atoms with van der Waals surface area (Å²) in [6.45, 7) is 1.70. The lowest BCUT2D eigenvalue weighted by molar-refractivity contribution is 0.603. The van der Waals surface area contributed by atoms with Gasteiger partial charge in [-0.05, 0) is 25.1 Å². The zero-order valence-corrected chi connectivity index (χ0v) is 8.01. The minimum Gasteiger partial charge on any atom is -0.382 e. The number of nitrogen functional groups attached to an aromatic ring is 1. The standard InChI is InChI=1S/C10H9F2N3/c1-5-9(10(13)15-14-5)7-4-6(11)2-3-8(7)12/h2-4H,1H3,(H3,13,14,15). The number of nitrogens with zero attached hydrogens (tertiary/aromatic N) is 1. The van der Waals surface area contributed by atoms with Crippen molar-refractivity contribution < 1.29 is 8.78 Å². The van der Waals surface area contributed by atoms with Crippen LogP contribution < -0.4 is 5.73 Å². The molecule has 1 heterocycles. The van der Waals surface area contributed by atoms with Crippen LogP contribution in [0.5, 0.6) is 0 Å². The van der Waals surface area contributed by atoms with Crippen molar-refractivity contribution >= 4 is 5.82 Å². The van der Waals surface area contributed by atoms with Crippen LogP contribution in [0.2, 0.25) is 0 Å². The summed E-state index contributed by atoms with van der Waals surface area (Å²) in [5.41, 5.74) is 6.70. The number of hydrogen-bond donors (Lipinski definition) is 2. The van der Waals surface area contributed by atoms with Gasteiger partial charge in [-0.25, -0.2) is 8.78 Å². The van der Waals surface area contributed by atoms with E-state index in [0.29, 0.717) is 11.3 Å². The first-order valence-electron chi connectivity index (χ1n) is 4.35. The van der Waals surface area contributed by atoms with E-state index in [9.17, 15) is 8.78 Å². The lowest BCUT2D eigenvalue weighted by Gasteiger charge is -2.03. The molecule has 3 N–H and O–H groups in total. The predicted molar refractivity (Wildman–Crippen MR) is 53.1 cm³/mol. The van der Waals surface area contributed by atoms with E-state index in [1.807, 2.05) is 0 Å². The molecule has 2 aromatic rings. The fraction of sp³-hybridized carbons (Fsp3) is 0.100. The summed E-state index contributed by atoms with van der Waals surface area (Å²) in [5.74, 6) is -0.865. The molecule has 78 valence electrons. The largest absolute Gasteiger partial charge is 0.382 e. The maximum Gasteiger partial charge on any atom is 0.153 e. The number of nitrogens with two attached hydrogens (primary N) is 1. The Balaban J connectivity index is 2.68. The Hall–Kier alpha value is -1.91. The summed E-state index contributed by atoms with van der Waals surface area (Å²) >= 11 is 0. The van der Waals surface area contributed by atoms with Crippen LogP contribution in [-0.4, -0.2) is 10.2 Å². The molecule has 0 aliphatic carbocycles. The van der Waals surface area contributed by atoms with E-state index in [0.717, 1.165) is 18.2 Å². The van der Waals surface area contributed by atoms with Crippen LogP contribution in [0, 0.1) is 18.6 Å². The van der Waals surface area contributed by atoms with Crippen LogP contribution in [0.3, 0.4) is 0 Å². The molecule has 0 aliphatic heterocycles. The molecular weight excluding hydrogens is 200 g/mol. The van der Waals surface area contributed by atoms with Crippen molar-refractivity contribution in [2.75, 3.05) is 5.73 Å². The monoisotopic (exact) mass is 209 g/mol. The van der Waals surface area contributed by atoms with Gasteiger partial charge in [0.25, 0.3) is 0 Å². The first-order valence-corrected chi connectivity index (χ1v) is 4.35. The molecule has 1 aromatic carbocycles. The minimum absolute atomic E-state index is 0.124. The third-order valence-electron chi connectivity index (χ3n) is 2.17. The van der Waals surface area contributed by atoms with Gasteiger partial charge >= 0.3 is 0 Å². The number of aromatic amines is 1. The van der Waals surface area contributed by atoms with Gasteiger partial charge in [0.1, 0.15) is 11.6 Å². The van der Waals surface area contributed by atoms with E-state index >= 15 is 0 Å². The Kier molecular flexibility index (Phi) is 2.15. The van der Waals surface area contributed by atoms with Gasteiger partial charge in [-0.3, -0.25) is 5.10 Å². The molecule has 0 radical (unpaired) electrons. The van der Waals surface area contributed by atoms with Gasteiger partial charge in [-0.1, -0.05) is 0 Å². The highest BCUT2D eigenvalue weighted by Gasteiger charge is 2.14. The average Bonchev–Trinajstić information content (AvgIpc) is 2.51. The Morgan fingerprint density at radius 3 is 2.67 bits per heavy atom. The molecule has 0 amide bonds. The highest BCUT2D eigenvalue weighted by atomic mass is 19.1. The number of nitrogens with one attached hydrogen (secondary N) is 1. The van der Waals surface area contributed by atoms with Crippen molar-refractivity contribution in [2.45, 2.75) is 6.92 Å². The zero-order chi connectivity index (χ0) is 11.0. The van der Waals surface area contributed by atoms with Gasteiger partial charge in [0.2, 0.25) is 0 Å². The predicted octanol–water partition coefficient (Wildman–Crippen LogP) is 2.25. The Morgan fingerprint density at radius 1 is 1.33 bits per heavy atom. The molecular formula is C10H9F2N3. The minimum atomic E-state index is -0.521. The van der Waals surface area contributed by atoms with Crippen molar-refractivity contribution in [3.05, 3.63) is 35.5 Å². The summed E-state index contributed by atoms with van der Waals surface area (Å²) < 4.78 is 26.4. The van der Waals surface area contributed by atoms with Gasteiger partial charge < -0.3 is 5.73 Å². The van der Waals surface area contributed by atoms with Gasteiger partial charge in [-0.2, -0.15) is 5.10 Å². The van der Waals surface area contributed by atoms with Crippen molar-refractivity contribution in [3.8, 4) is 11.1 Å². The fourth-order valence-electron chi connectivity index (χ4n) is 1.48. The van der Waals surface area contributed by atoms with Crippen molar-refractivity contribution in [1.82, 2.24) is 10.2 Å². The number of aromatic nitrogens is 2. The Labute approximate surface area is 84.9 Å². The van der Waals surface area contributed by atoms with E-state index in [-0.39, 0.29) is 11.4 Å². The summed E-state index contributed by atoms with van der Waals surface area (Å²) in [4.78, 5) is 0. The quantitative estimate of drug-likeness (QED) is 0.756. The first-order chi connectivity index (χ1) is 7.09. The molecule has 0 saturated heterocycles. The van der Waals surface area contributed by atoms with Gasteiger partial charge in [-0.15, -0.1) is 0 Å². The molecule has 2 rings (SSSR count). The molecule has 0 aliphatic rings. The van der Waals surface area contributed by atoms with Crippen LogP contribution in [0.1, 0.15) is 5.69 Å². The topological polar surface area (TPSA) is 54.7 Å². The normalized spacial score (nSPS) is 10.6. The maximum atomic E-state index is 13.4. The molecule has 0 spiro atoms. The number of H-pyrrole nitrogens is 1. The van der Waals surface area contributed by atoms with Gasteiger partial charge in [0.15, 0.2) is 5.82 Å². The molecule has 0 fully saturated rings. The Bertz CT molecular complexity index is 486. The molecule has 15 heavy (non-hydrogen) atoms. The third kappa shape index (κ3) is 1.56. The second-order valence-electron chi connectivity index (χ2n) is 3.23. The van der Waals surface area contributed by atoms with Gasteiger partial charge in [0.05, 0.1) is 0 Å². The molecule has 0 atom stereocenters. The van der Waals surface area contributed by atoms with Crippen LogP contribution in [0.4, 0.5) is 14.6 Å². The smallest absolute Gasteiger partial charge is 0.153 e. The van der Waals surface area contributed by atoms with E-state index in [1.54, 1.807) is 6.92 Å². The lowest BCUT2D eigenvalue weighted by atomic mass is 10.1. The van der Waals surface area contributed by atoms with Crippen LogP contribution >= 0.6 is 0 Å². The number of aryl methyl sites for hydroxylation is 1. The highest BCUT2D eigenvalue weighted by molar-refractivity contribution is 5.76. The average molecular weight is 209 g/mol. The molecule has 5 heteroatoms. The summed E-state index contributed by atoms with van der Waals surface area (Å²) in [7, 11) is 0. The summed E-state index contributed by atoms with van der Waals surface area (Å²) in [6, 6.07) is 3.23. The number of hydrogen-bond acceptors (Lipinski definition) is 2. The summed E-state index contributed by atoms with van der Waals surface area (Å²) in [6.07, 6.45) is 0. The van der Waals surface area contributed by atoms with Gasteiger partial charge in [0, 0.05) is 16.8 Å². The van der Waals surface area contributed by atoms with Crippen molar-refractivity contribution in [1.29, 1.82) is 0 Å². The highest BCUT2D eigenvalue weighted by Crippen LogP contribution is 2.29. The lowest BCUT2D eigenvalue weighted by Crippen LogP contribution is -1.92.